The van der Waals surface area contributed by atoms with Crippen molar-refractivity contribution in [3.63, 3.8) is 0 Å². The van der Waals surface area contributed by atoms with Gasteiger partial charge in [-0.2, -0.15) is 0 Å². The molecule has 0 aliphatic carbocycles. The van der Waals surface area contributed by atoms with Crippen LogP contribution in [0.3, 0.4) is 0 Å². The molecule has 2 heterocycles. The third-order valence-corrected chi connectivity index (χ3v) is 2.83. The molecule has 0 saturated heterocycles. The first-order valence-electron chi connectivity index (χ1n) is 6.58. The predicted octanol–water partition coefficient (Wildman–Crippen LogP) is 1.96. The molecule has 0 fully saturated rings. The number of hydrogen-bond acceptors (Lipinski definition) is 5. The summed E-state index contributed by atoms with van der Waals surface area (Å²) in [5.41, 5.74) is 0.917. The molecule has 0 bridgehead atoms. The molecule has 108 valence electrons. The molecule has 0 aromatic carbocycles. The minimum Gasteiger partial charge on any atom is -0.472 e. The summed E-state index contributed by atoms with van der Waals surface area (Å²) in [6.07, 6.45) is 3.86. The van der Waals surface area contributed by atoms with E-state index in [0.29, 0.717) is 37.8 Å². The zero-order chi connectivity index (χ0) is 14.4. The van der Waals surface area contributed by atoms with E-state index in [1.54, 1.807) is 17.4 Å². The van der Waals surface area contributed by atoms with Crippen LogP contribution in [-0.2, 0) is 19.5 Å². The second-order valence-corrected chi connectivity index (χ2v) is 4.25. The lowest BCUT2D eigenvalue weighted by Gasteiger charge is -2.19. The third kappa shape index (κ3) is 3.59. The molecular formula is C13H18N4O3. The first-order chi connectivity index (χ1) is 9.72. The molecule has 2 aromatic heterocycles. The Balaban J connectivity index is 1.88. The van der Waals surface area contributed by atoms with E-state index in [9.17, 15) is 4.79 Å². The lowest BCUT2D eigenvalue weighted by molar-refractivity contribution is 0.191. The molecule has 0 aliphatic rings. The van der Waals surface area contributed by atoms with E-state index >= 15 is 0 Å². The van der Waals surface area contributed by atoms with Crippen molar-refractivity contribution >= 4 is 6.03 Å². The largest absolute Gasteiger partial charge is 0.472 e. The fourth-order valence-electron chi connectivity index (χ4n) is 1.67. The van der Waals surface area contributed by atoms with E-state index in [0.717, 1.165) is 5.56 Å². The first kappa shape index (κ1) is 14.1. The molecule has 2 aromatic rings. The number of rotatable bonds is 6. The Bertz CT molecular complexity index is 536. The van der Waals surface area contributed by atoms with Crippen molar-refractivity contribution in [2.45, 2.75) is 33.4 Å². The Hall–Kier alpha value is -2.31. The maximum Gasteiger partial charge on any atom is 0.318 e. The molecule has 20 heavy (non-hydrogen) atoms. The maximum atomic E-state index is 12.0. The fraction of sp³-hybridized carbons (Fsp3) is 0.462. The highest BCUT2D eigenvalue weighted by Crippen LogP contribution is 2.05. The summed E-state index contributed by atoms with van der Waals surface area (Å²) in [6, 6.07) is 1.63. The summed E-state index contributed by atoms with van der Waals surface area (Å²) in [5, 5.41) is 10.6. The van der Waals surface area contributed by atoms with Gasteiger partial charge in [0, 0.05) is 25.1 Å². The van der Waals surface area contributed by atoms with Crippen LogP contribution in [0.15, 0.2) is 27.4 Å². The average Bonchev–Trinajstić information content (AvgIpc) is 3.13. The molecule has 0 atom stereocenters. The number of aromatic nitrogens is 2. The van der Waals surface area contributed by atoms with Crippen molar-refractivity contribution < 1.29 is 13.6 Å². The van der Waals surface area contributed by atoms with Crippen LogP contribution in [0.1, 0.15) is 31.2 Å². The van der Waals surface area contributed by atoms with Crippen LogP contribution in [0.2, 0.25) is 0 Å². The quantitative estimate of drug-likeness (QED) is 0.873. The monoisotopic (exact) mass is 278 g/mol. The van der Waals surface area contributed by atoms with Crippen molar-refractivity contribution in [1.29, 1.82) is 0 Å². The normalized spacial score (nSPS) is 10.5. The summed E-state index contributed by atoms with van der Waals surface area (Å²) >= 11 is 0. The van der Waals surface area contributed by atoms with E-state index in [-0.39, 0.29) is 6.03 Å². The van der Waals surface area contributed by atoms with Crippen LogP contribution < -0.4 is 5.32 Å². The highest BCUT2D eigenvalue weighted by Gasteiger charge is 2.15. The summed E-state index contributed by atoms with van der Waals surface area (Å²) in [4.78, 5) is 13.6. The number of aryl methyl sites for hydroxylation is 1. The van der Waals surface area contributed by atoms with Crippen molar-refractivity contribution in [1.82, 2.24) is 20.4 Å². The Morgan fingerprint density at radius 1 is 1.35 bits per heavy atom. The predicted molar refractivity (Wildman–Crippen MR) is 70.7 cm³/mol. The number of amides is 2. The summed E-state index contributed by atoms with van der Waals surface area (Å²) < 4.78 is 10.4. The second-order valence-electron chi connectivity index (χ2n) is 4.25. The van der Waals surface area contributed by atoms with E-state index in [4.69, 9.17) is 8.83 Å². The van der Waals surface area contributed by atoms with Gasteiger partial charge >= 0.3 is 6.03 Å². The van der Waals surface area contributed by atoms with Crippen LogP contribution in [0.25, 0.3) is 0 Å². The molecule has 7 nitrogen and oxygen atoms in total. The van der Waals surface area contributed by atoms with Crippen LogP contribution in [-0.4, -0.2) is 27.7 Å². The van der Waals surface area contributed by atoms with Gasteiger partial charge in [-0.1, -0.05) is 6.92 Å². The van der Waals surface area contributed by atoms with E-state index in [2.05, 4.69) is 15.5 Å². The van der Waals surface area contributed by atoms with Crippen molar-refractivity contribution in [3.05, 3.63) is 35.9 Å². The zero-order valence-corrected chi connectivity index (χ0v) is 11.6. The number of urea groups is 1. The summed E-state index contributed by atoms with van der Waals surface area (Å²) in [5.74, 6) is 1.03. The highest BCUT2D eigenvalue weighted by atomic mass is 16.4. The summed E-state index contributed by atoms with van der Waals surface area (Å²) in [7, 11) is 0. The smallest absolute Gasteiger partial charge is 0.318 e. The average molecular weight is 278 g/mol. The van der Waals surface area contributed by atoms with Crippen LogP contribution in [0, 0.1) is 0 Å². The minimum atomic E-state index is -0.176. The van der Waals surface area contributed by atoms with Crippen molar-refractivity contribution in [3.8, 4) is 0 Å². The van der Waals surface area contributed by atoms with Crippen LogP contribution in [0.5, 0.6) is 0 Å². The van der Waals surface area contributed by atoms with Gasteiger partial charge in [-0.05, 0) is 13.0 Å². The molecule has 0 aliphatic heterocycles. The minimum absolute atomic E-state index is 0.176. The van der Waals surface area contributed by atoms with Gasteiger partial charge in [0.15, 0.2) is 0 Å². The van der Waals surface area contributed by atoms with Gasteiger partial charge < -0.3 is 19.1 Å². The maximum absolute atomic E-state index is 12.0. The van der Waals surface area contributed by atoms with Crippen molar-refractivity contribution in [2.24, 2.45) is 0 Å². The number of furan rings is 1. The van der Waals surface area contributed by atoms with Gasteiger partial charge in [0.05, 0.1) is 12.5 Å². The molecule has 0 saturated carbocycles. The highest BCUT2D eigenvalue weighted by molar-refractivity contribution is 5.74. The first-order valence-corrected chi connectivity index (χ1v) is 6.58. The van der Waals surface area contributed by atoms with Crippen LogP contribution >= 0.6 is 0 Å². The molecular weight excluding hydrogens is 260 g/mol. The standard InChI is InChI=1S/C13H18N4O3/c1-3-11-15-16-12(20-11)8-17(4-2)13(18)14-7-10-5-6-19-9-10/h5-6,9H,3-4,7-8H2,1-2H3,(H,14,18). The molecule has 2 amide bonds. The Morgan fingerprint density at radius 2 is 2.15 bits per heavy atom. The SMILES string of the molecule is CCc1nnc(CN(CC)C(=O)NCc2ccoc2)o1. The van der Waals surface area contributed by atoms with Crippen LogP contribution in [0.4, 0.5) is 4.79 Å². The number of hydrogen-bond donors (Lipinski definition) is 1. The third-order valence-electron chi connectivity index (χ3n) is 2.83. The van der Waals surface area contributed by atoms with Crippen molar-refractivity contribution in [2.75, 3.05) is 6.54 Å². The van der Waals surface area contributed by atoms with E-state index < -0.39 is 0 Å². The molecule has 7 heteroatoms. The lowest BCUT2D eigenvalue weighted by Crippen LogP contribution is -2.39. The van der Waals surface area contributed by atoms with Gasteiger partial charge in [0.25, 0.3) is 0 Å². The zero-order valence-electron chi connectivity index (χ0n) is 11.6. The molecule has 0 radical (unpaired) electrons. The topological polar surface area (TPSA) is 84.4 Å². The number of carbonyl (C=O) groups is 1. The molecule has 1 N–H and O–H groups in total. The van der Waals surface area contributed by atoms with Gasteiger partial charge in [-0.25, -0.2) is 4.79 Å². The van der Waals surface area contributed by atoms with E-state index in [1.165, 1.54) is 0 Å². The molecule has 0 spiro atoms. The number of nitrogens with zero attached hydrogens (tertiary/aromatic N) is 3. The van der Waals surface area contributed by atoms with Gasteiger partial charge in [0.1, 0.15) is 6.54 Å². The van der Waals surface area contributed by atoms with Gasteiger partial charge in [-0.3, -0.25) is 0 Å². The van der Waals surface area contributed by atoms with Gasteiger partial charge in [-0.15, -0.1) is 10.2 Å². The summed E-state index contributed by atoms with van der Waals surface area (Å²) in [6.45, 7) is 5.12. The Labute approximate surface area is 117 Å². The van der Waals surface area contributed by atoms with Gasteiger partial charge in [0.2, 0.25) is 11.8 Å². The fourth-order valence-corrected chi connectivity index (χ4v) is 1.67. The Morgan fingerprint density at radius 3 is 2.75 bits per heavy atom. The van der Waals surface area contributed by atoms with E-state index in [1.807, 2.05) is 19.9 Å². The molecule has 2 rings (SSSR count). The molecule has 0 unspecified atom stereocenters. The number of carbonyl (C=O) groups excluding carboxylic acids is 1. The second kappa shape index (κ2) is 6.74. The Kier molecular flexibility index (Phi) is 4.75. The lowest BCUT2D eigenvalue weighted by atomic mass is 10.3. The number of nitrogens with one attached hydrogen (secondary N) is 1.